The van der Waals surface area contributed by atoms with Gasteiger partial charge in [0.15, 0.2) is 0 Å². The molecule has 0 amide bonds. The Kier molecular flexibility index (Phi) is 2.37. The van der Waals surface area contributed by atoms with Gasteiger partial charge in [-0.25, -0.2) is 9.97 Å². The summed E-state index contributed by atoms with van der Waals surface area (Å²) < 4.78 is 5.19. The van der Waals surface area contributed by atoms with Crippen LogP contribution in [0.3, 0.4) is 0 Å². The van der Waals surface area contributed by atoms with Gasteiger partial charge in [0.1, 0.15) is 5.75 Å². The van der Waals surface area contributed by atoms with E-state index in [-0.39, 0.29) is 5.95 Å². The number of nitrogens with two attached hydrogens (primary N) is 1. The van der Waals surface area contributed by atoms with E-state index in [1.54, 1.807) is 13.3 Å². The SMILES string of the molecule is COc1ccc2c(-c3ccnc(N)n3)c[nH]c2c1. The Balaban J connectivity index is 2.18. The van der Waals surface area contributed by atoms with Gasteiger partial charge in [-0.15, -0.1) is 0 Å². The van der Waals surface area contributed by atoms with Gasteiger partial charge in [0.05, 0.1) is 12.8 Å². The molecule has 5 heteroatoms. The second-order valence-corrected chi connectivity index (χ2v) is 3.91. The summed E-state index contributed by atoms with van der Waals surface area (Å²) in [5.41, 5.74) is 8.41. The van der Waals surface area contributed by atoms with E-state index in [4.69, 9.17) is 10.5 Å². The molecule has 0 atom stereocenters. The highest BCUT2D eigenvalue weighted by molar-refractivity contribution is 5.95. The Hall–Kier alpha value is -2.56. The van der Waals surface area contributed by atoms with Gasteiger partial charge in [0.25, 0.3) is 0 Å². The van der Waals surface area contributed by atoms with Crippen molar-refractivity contribution in [2.45, 2.75) is 0 Å². The number of hydrogen-bond acceptors (Lipinski definition) is 4. The fraction of sp³-hybridized carbons (Fsp3) is 0.0769. The number of nitrogens with zero attached hydrogens (tertiary/aromatic N) is 2. The van der Waals surface area contributed by atoms with Gasteiger partial charge in [-0.1, -0.05) is 0 Å². The highest BCUT2D eigenvalue weighted by atomic mass is 16.5. The molecule has 1 aromatic carbocycles. The van der Waals surface area contributed by atoms with Crippen LogP contribution in [-0.4, -0.2) is 22.1 Å². The van der Waals surface area contributed by atoms with E-state index >= 15 is 0 Å². The zero-order chi connectivity index (χ0) is 12.5. The Morgan fingerprint density at radius 1 is 1.28 bits per heavy atom. The first-order chi connectivity index (χ1) is 8.78. The molecule has 90 valence electrons. The largest absolute Gasteiger partial charge is 0.497 e. The molecule has 0 saturated heterocycles. The number of anilines is 1. The molecular formula is C13H12N4O. The van der Waals surface area contributed by atoms with Gasteiger partial charge < -0.3 is 15.5 Å². The van der Waals surface area contributed by atoms with Crippen LogP contribution in [0.5, 0.6) is 5.75 Å². The second kappa shape index (κ2) is 4.03. The lowest BCUT2D eigenvalue weighted by atomic mass is 10.1. The normalized spacial score (nSPS) is 10.7. The first-order valence-corrected chi connectivity index (χ1v) is 5.52. The van der Waals surface area contributed by atoms with Crippen molar-refractivity contribution >= 4 is 16.9 Å². The minimum absolute atomic E-state index is 0.273. The van der Waals surface area contributed by atoms with Gasteiger partial charge in [-0.05, 0) is 18.2 Å². The minimum Gasteiger partial charge on any atom is -0.497 e. The van der Waals surface area contributed by atoms with Gasteiger partial charge in [-0.3, -0.25) is 0 Å². The van der Waals surface area contributed by atoms with Crippen molar-refractivity contribution in [3.05, 3.63) is 36.7 Å². The summed E-state index contributed by atoms with van der Waals surface area (Å²) in [5.74, 6) is 1.09. The van der Waals surface area contributed by atoms with Crippen LogP contribution in [0.1, 0.15) is 0 Å². The fourth-order valence-electron chi connectivity index (χ4n) is 1.97. The Bertz CT molecular complexity index is 705. The van der Waals surface area contributed by atoms with E-state index in [9.17, 15) is 0 Å². The first kappa shape index (κ1) is 10.6. The maximum atomic E-state index is 5.60. The topological polar surface area (TPSA) is 76.8 Å². The number of fused-ring (bicyclic) bond motifs is 1. The van der Waals surface area contributed by atoms with Crippen LogP contribution in [0, 0.1) is 0 Å². The maximum Gasteiger partial charge on any atom is 0.220 e. The van der Waals surface area contributed by atoms with Gasteiger partial charge in [0.2, 0.25) is 5.95 Å². The molecule has 0 radical (unpaired) electrons. The zero-order valence-corrected chi connectivity index (χ0v) is 9.84. The number of hydrogen-bond donors (Lipinski definition) is 2. The molecule has 18 heavy (non-hydrogen) atoms. The summed E-state index contributed by atoms with van der Waals surface area (Å²) in [5, 5.41) is 1.08. The first-order valence-electron chi connectivity index (χ1n) is 5.52. The number of benzene rings is 1. The molecule has 2 aromatic heterocycles. The van der Waals surface area contributed by atoms with Crippen molar-refractivity contribution in [2.24, 2.45) is 0 Å². The lowest BCUT2D eigenvalue weighted by Crippen LogP contribution is -1.94. The molecule has 5 nitrogen and oxygen atoms in total. The smallest absolute Gasteiger partial charge is 0.220 e. The summed E-state index contributed by atoms with van der Waals surface area (Å²) >= 11 is 0. The molecule has 0 bridgehead atoms. The summed E-state index contributed by atoms with van der Waals surface area (Å²) in [6.07, 6.45) is 3.56. The molecule has 2 heterocycles. The lowest BCUT2D eigenvalue weighted by molar-refractivity contribution is 0.415. The molecule has 0 aliphatic heterocycles. The van der Waals surface area contributed by atoms with Crippen molar-refractivity contribution in [3.63, 3.8) is 0 Å². The average molecular weight is 240 g/mol. The van der Waals surface area contributed by atoms with Gasteiger partial charge in [-0.2, -0.15) is 0 Å². The van der Waals surface area contributed by atoms with Gasteiger partial charge >= 0.3 is 0 Å². The number of rotatable bonds is 2. The summed E-state index contributed by atoms with van der Waals surface area (Å²) in [6.45, 7) is 0. The molecular weight excluding hydrogens is 228 g/mol. The maximum absolute atomic E-state index is 5.60. The predicted molar refractivity (Wildman–Crippen MR) is 70.3 cm³/mol. The number of ether oxygens (including phenoxy) is 1. The molecule has 0 saturated carbocycles. The van der Waals surface area contributed by atoms with Crippen LogP contribution < -0.4 is 10.5 Å². The molecule has 0 unspecified atom stereocenters. The Morgan fingerprint density at radius 3 is 2.94 bits per heavy atom. The lowest BCUT2D eigenvalue weighted by Gasteiger charge is -2.01. The Morgan fingerprint density at radius 2 is 2.17 bits per heavy atom. The number of aromatic amines is 1. The third kappa shape index (κ3) is 1.66. The van der Waals surface area contributed by atoms with Crippen molar-refractivity contribution in [1.82, 2.24) is 15.0 Å². The van der Waals surface area contributed by atoms with Crippen LogP contribution in [0.4, 0.5) is 5.95 Å². The Labute approximate surface area is 104 Å². The van der Waals surface area contributed by atoms with Crippen molar-refractivity contribution in [1.29, 1.82) is 0 Å². The number of H-pyrrole nitrogens is 1. The molecule has 0 spiro atoms. The van der Waals surface area contributed by atoms with Crippen molar-refractivity contribution in [3.8, 4) is 17.0 Å². The van der Waals surface area contributed by atoms with Gasteiger partial charge in [0, 0.05) is 34.9 Å². The van der Waals surface area contributed by atoms with Crippen LogP contribution in [0.2, 0.25) is 0 Å². The van der Waals surface area contributed by atoms with Crippen LogP contribution in [-0.2, 0) is 0 Å². The van der Waals surface area contributed by atoms with E-state index in [0.717, 1.165) is 27.9 Å². The van der Waals surface area contributed by atoms with Crippen LogP contribution in [0.15, 0.2) is 36.7 Å². The molecule has 0 fully saturated rings. The van der Waals surface area contributed by atoms with E-state index in [1.807, 2.05) is 30.5 Å². The highest BCUT2D eigenvalue weighted by Gasteiger charge is 2.08. The predicted octanol–water partition coefficient (Wildman–Crippen LogP) is 2.22. The third-order valence-corrected chi connectivity index (χ3v) is 2.84. The molecule has 0 aliphatic carbocycles. The van der Waals surface area contributed by atoms with E-state index in [0.29, 0.717) is 0 Å². The minimum atomic E-state index is 0.273. The number of methoxy groups -OCH3 is 1. The molecule has 3 rings (SSSR count). The number of aromatic nitrogens is 3. The van der Waals surface area contributed by atoms with E-state index in [2.05, 4.69) is 15.0 Å². The van der Waals surface area contributed by atoms with Crippen molar-refractivity contribution in [2.75, 3.05) is 12.8 Å². The van der Waals surface area contributed by atoms with E-state index in [1.165, 1.54) is 0 Å². The molecule has 3 N–H and O–H groups in total. The highest BCUT2D eigenvalue weighted by Crippen LogP contribution is 2.29. The quantitative estimate of drug-likeness (QED) is 0.720. The van der Waals surface area contributed by atoms with Crippen LogP contribution in [0.25, 0.3) is 22.2 Å². The fourth-order valence-corrected chi connectivity index (χ4v) is 1.97. The van der Waals surface area contributed by atoms with Crippen LogP contribution >= 0.6 is 0 Å². The standard InChI is InChI=1S/C13H12N4O/c1-18-8-2-3-9-10(7-16-12(9)6-8)11-4-5-15-13(14)17-11/h2-7,16H,1H3,(H2,14,15,17). The molecule has 0 aliphatic rings. The monoisotopic (exact) mass is 240 g/mol. The number of nitrogens with one attached hydrogen (secondary N) is 1. The van der Waals surface area contributed by atoms with Crippen molar-refractivity contribution < 1.29 is 4.74 Å². The third-order valence-electron chi connectivity index (χ3n) is 2.84. The summed E-state index contributed by atoms with van der Waals surface area (Å²) in [4.78, 5) is 11.3. The molecule has 3 aromatic rings. The zero-order valence-electron chi connectivity index (χ0n) is 9.84. The summed E-state index contributed by atoms with van der Waals surface area (Å²) in [7, 11) is 1.65. The second-order valence-electron chi connectivity index (χ2n) is 3.91. The number of nitrogen functional groups attached to an aromatic ring is 1. The van der Waals surface area contributed by atoms with E-state index < -0.39 is 0 Å². The average Bonchev–Trinajstić information content (AvgIpc) is 2.81. The summed E-state index contributed by atoms with van der Waals surface area (Å²) in [6, 6.07) is 7.70.